The quantitative estimate of drug-likeness (QED) is 0.167. The molecule has 0 unspecified atom stereocenters. The zero-order valence-corrected chi connectivity index (χ0v) is 56.1. The smallest absolute Gasteiger partial charge is 0.197 e. The lowest BCUT2D eigenvalue weighted by Crippen LogP contribution is -1.98. The van der Waals surface area contributed by atoms with Gasteiger partial charge in [0.15, 0.2) is 10.6 Å². The van der Waals surface area contributed by atoms with Gasteiger partial charge in [0, 0.05) is 113 Å². The number of hydrogen-bond acceptors (Lipinski definition) is 8. The second-order valence-corrected chi connectivity index (χ2v) is 27.4. The molecule has 0 saturated heterocycles. The van der Waals surface area contributed by atoms with Gasteiger partial charge in [-0.1, -0.05) is 218 Å². The fraction of sp³-hybridized carbons (Fsp3) is 0. The van der Waals surface area contributed by atoms with Gasteiger partial charge >= 0.3 is 0 Å². The summed E-state index contributed by atoms with van der Waals surface area (Å²) in [5.41, 5.74) is 18.5. The van der Waals surface area contributed by atoms with Crippen molar-refractivity contribution in [2.45, 2.75) is 0 Å². The number of H-pyrrole nitrogens is 1. The Morgan fingerprint density at radius 1 is 0.323 bits per heavy atom. The van der Waals surface area contributed by atoms with E-state index in [0.29, 0.717) is 10.6 Å². The van der Waals surface area contributed by atoms with E-state index < -0.39 is 0 Å². The summed E-state index contributed by atoms with van der Waals surface area (Å²) in [5, 5.41) is 15.8. The molecule has 0 radical (unpaired) electrons. The highest BCUT2D eigenvalue weighted by Gasteiger charge is 2.23. The Morgan fingerprint density at radius 2 is 0.798 bits per heavy atom. The van der Waals surface area contributed by atoms with E-state index in [1.54, 1.807) is 6.20 Å². The number of thiophene rings is 2. The van der Waals surface area contributed by atoms with Crippen molar-refractivity contribution < 1.29 is 0 Å². The van der Waals surface area contributed by atoms with Gasteiger partial charge in [0.25, 0.3) is 0 Å². The molecule has 21 aromatic rings. The number of fused-ring (bicyclic) bond motifs is 22. The molecule has 464 valence electrons. The van der Waals surface area contributed by atoms with Gasteiger partial charge in [-0.2, -0.15) is 0 Å². The van der Waals surface area contributed by atoms with Gasteiger partial charge in [-0.3, -0.25) is 9.97 Å². The van der Waals surface area contributed by atoms with Crippen LogP contribution in [0.2, 0.25) is 0 Å². The lowest BCUT2D eigenvalue weighted by Gasteiger charge is -2.12. The molecule has 1 N–H and O–H groups in total. The van der Waals surface area contributed by atoms with Crippen LogP contribution in [0.4, 0.5) is 0 Å². The van der Waals surface area contributed by atoms with E-state index in [2.05, 4.69) is 289 Å². The second-order valence-electron chi connectivity index (χ2n) is 24.6. The first kappa shape index (κ1) is 58.3. The second kappa shape index (κ2) is 24.2. The molecule has 0 amide bonds. The third-order valence-corrected chi connectivity index (χ3v) is 21.7. The van der Waals surface area contributed by atoms with Crippen LogP contribution in [-0.2, 0) is 0 Å². The summed E-state index contributed by atoms with van der Waals surface area (Å²) in [5.74, 6) is 0.673. The zero-order chi connectivity index (χ0) is 65.5. The standard InChI is InChI=1S/C47H28N4S.C22H13NS.C19H12BrN3/c1-2-12-29(13-3-1)31-14-10-15-32(28-31)43-44-38(20-11-27-48-44)49-47(50-43)30-23-25-33(26-24-30)51-39-21-8-6-18-36(39)41-34-16-4-5-17-35(34)46-42(45(41)51)37-19-7-9-22-40(37)52-46;1-2-8-14-13(7-1)19-15-9-3-5-11-17(15)23-21(19)20-16-10-4-6-12-18(16)24-22(14)20;20-19-22-16-10-5-11-21-18(16)17(23-19)15-9-4-8-14(12-15)13-6-2-1-3-7-13/h1-28H;1-12,23H;1-12H. The first-order valence-electron chi connectivity index (χ1n) is 32.8. The lowest BCUT2D eigenvalue weighted by atomic mass is 10.00. The van der Waals surface area contributed by atoms with Gasteiger partial charge in [0.2, 0.25) is 0 Å². The van der Waals surface area contributed by atoms with Gasteiger partial charge in [-0.15, -0.1) is 22.7 Å². The van der Waals surface area contributed by atoms with Crippen molar-refractivity contribution >= 4 is 166 Å². The predicted molar refractivity (Wildman–Crippen MR) is 420 cm³/mol. The van der Waals surface area contributed by atoms with Gasteiger partial charge < -0.3 is 9.55 Å². The summed E-state index contributed by atoms with van der Waals surface area (Å²) in [4.78, 5) is 32.0. The maximum atomic E-state index is 5.19. The van der Waals surface area contributed by atoms with Crippen molar-refractivity contribution in [2.75, 3.05) is 0 Å². The minimum absolute atomic E-state index is 0.568. The van der Waals surface area contributed by atoms with Crippen LogP contribution in [0, 0.1) is 0 Å². The molecule has 21 rings (SSSR count). The Morgan fingerprint density at radius 3 is 1.42 bits per heavy atom. The summed E-state index contributed by atoms with van der Waals surface area (Å²) >= 11 is 7.17. The molecule has 99 heavy (non-hydrogen) atoms. The van der Waals surface area contributed by atoms with Gasteiger partial charge in [-0.25, -0.2) is 19.9 Å². The van der Waals surface area contributed by atoms with E-state index in [4.69, 9.17) is 15.0 Å². The van der Waals surface area contributed by atoms with Crippen molar-refractivity contribution in [3.05, 3.63) is 320 Å². The molecule has 0 fully saturated rings. The highest BCUT2D eigenvalue weighted by atomic mass is 79.9. The van der Waals surface area contributed by atoms with Crippen molar-refractivity contribution in [1.82, 2.24) is 39.5 Å². The summed E-state index contributed by atoms with van der Waals surface area (Å²) in [6.07, 6.45) is 3.58. The first-order valence-corrected chi connectivity index (χ1v) is 35.3. The fourth-order valence-electron chi connectivity index (χ4n) is 14.5. The number of pyridine rings is 2. The minimum Gasteiger partial charge on any atom is -0.354 e. The Labute approximate surface area is 583 Å². The molecule has 8 heterocycles. The molecule has 11 heteroatoms. The molecule has 0 saturated carbocycles. The molecule has 0 atom stereocenters. The van der Waals surface area contributed by atoms with Crippen LogP contribution in [0.25, 0.3) is 189 Å². The number of halogens is 1. The van der Waals surface area contributed by atoms with Gasteiger partial charge in [0.1, 0.15) is 22.4 Å². The maximum absolute atomic E-state index is 5.19. The largest absolute Gasteiger partial charge is 0.354 e. The van der Waals surface area contributed by atoms with Crippen molar-refractivity contribution in [1.29, 1.82) is 0 Å². The molecule has 0 bridgehead atoms. The predicted octanol–water partition coefficient (Wildman–Crippen LogP) is 24.6. The highest BCUT2D eigenvalue weighted by molar-refractivity contribution is 9.10. The summed E-state index contributed by atoms with van der Waals surface area (Å²) in [6.45, 7) is 0. The number of benzene rings is 13. The van der Waals surface area contributed by atoms with Crippen LogP contribution in [0.15, 0.2) is 320 Å². The molecule has 0 aliphatic carbocycles. The number of para-hydroxylation sites is 2. The third-order valence-electron chi connectivity index (χ3n) is 18.9. The van der Waals surface area contributed by atoms with Crippen LogP contribution in [-0.4, -0.2) is 39.5 Å². The lowest BCUT2D eigenvalue weighted by molar-refractivity contribution is 1.15. The van der Waals surface area contributed by atoms with E-state index in [0.717, 1.165) is 72.5 Å². The summed E-state index contributed by atoms with van der Waals surface area (Å²) in [6, 6.07) is 107. The molecule has 0 spiro atoms. The topological polar surface area (TPSA) is 98.1 Å². The Balaban J connectivity index is 0.000000120. The molecular formula is C88H53BrN8S2. The van der Waals surface area contributed by atoms with E-state index in [1.165, 1.54) is 111 Å². The van der Waals surface area contributed by atoms with Crippen LogP contribution in [0.5, 0.6) is 0 Å². The number of nitrogens with one attached hydrogen (secondary N) is 1. The summed E-state index contributed by atoms with van der Waals surface area (Å²) < 4.78 is 8.38. The average molecular weight is 1370 g/mol. The molecule has 13 aromatic carbocycles. The van der Waals surface area contributed by atoms with E-state index in [9.17, 15) is 0 Å². The maximum Gasteiger partial charge on any atom is 0.197 e. The molecule has 8 aromatic heterocycles. The Hall–Kier alpha value is -12.1. The average Bonchev–Trinajstić information content (AvgIpc) is 1.56. The SMILES string of the molecule is Brc1nc(-c2cccc(-c3ccccc3)c2)c2ncccc2n1.c1ccc(-c2cccc(-c3nc(-c4ccc(-n5c6ccccc6c6c7ccccc7c7sc8ccccc8c7c65)cc4)nc4cccnc34)c2)cc1.c1ccc2c(c1)[nH]c1c2c2ccccc2c2sc3ccccc3c12. The number of nitrogens with zero attached hydrogens (tertiary/aromatic N) is 7. The van der Waals surface area contributed by atoms with Crippen LogP contribution >= 0.6 is 38.6 Å². The molecular weight excluding hydrogens is 1310 g/mol. The molecule has 0 aliphatic rings. The third kappa shape index (κ3) is 9.99. The molecule has 8 nitrogen and oxygen atoms in total. The monoisotopic (exact) mass is 1360 g/mol. The Bertz CT molecular complexity index is 6760. The number of hydrogen-bond donors (Lipinski definition) is 1. The summed E-state index contributed by atoms with van der Waals surface area (Å²) in [7, 11) is 0. The van der Waals surface area contributed by atoms with E-state index in [1.807, 2.05) is 83.5 Å². The Kier molecular flexibility index (Phi) is 14.2. The van der Waals surface area contributed by atoms with Crippen LogP contribution in [0.1, 0.15) is 0 Å². The van der Waals surface area contributed by atoms with E-state index in [-0.39, 0.29) is 0 Å². The van der Waals surface area contributed by atoms with Crippen molar-refractivity contribution in [3.63, 3.8) is 0 Å². The van der Waals surface area contributed by atoms with Crippen LogP contribution < -0.4 is 0 Å². The van der Waals surface area contributed by atoms with Gasteiger partial charge in [-0.05, 0) is 134 Å². The van der Waals surface area contributed by atoms with Crippen molar-refractivity contribution in [2.24, 2.45) is 0 Å². The normalized spacial score (nSPS) is 11.7. The van der Waals surface area contributed by atoms with E-state index >= 15 is 0 Å². The fourth-order valence-corrected chi connectivity index (χ4v) is 17.4. The number of rotatable bonds is 6. The minimum atomic E-state index is 0.568. The number of aromatic amines is 1. The highest BCUT2D eigenvalue weighted by Crippen LogP contribution is 2.49. The van der Waals surface area contributed by atoms with Gasteiger partial charge in [0.05, 0.1) is 27.6 Å². The zero-order valence-electron chi connectivity index (χ0n) is 52.8. The first-order chi connectivity index (χ1) is 49.0. The van der Waals surface area contributed by atoms with Crippen molar-refractivity contribution in [3.8, 4) is 61.8 Å². The van der Waals surface area contributed by atoms with Crippen LogP contribution in [0.3, 0.4) is 0 Å². The molecule has 0 aliphatic heterocycles. The number of aromatic nitrogens is 8.